The molecule has 0 spiro atoms. The van der Waals surface area contributed by atoms with Crippen molar-refractivity contribution in [3.63, 3.8) is 0 Å². The van der Waals surface area contributed by atoms with Crippen LogP contribution in [0.3, 0.4) is 0 Å². The number of hydrogen-bond donors (Lipinski definition) is 1. The maximum atomic E-state index is 13.6. The first-order valence-corrected chi connectivity index (χ1v) is 9.63. The SMILES string of the molecule is O=C1c2cccc(Nc3ccccc3)c2C(=O)c2c(Oc3ccccc3)cccc21. The third kappa shape index (κ3) is 3.05. The predicted molar refractivity (Wildman–Crippen MR) is 116 cm³/mol. The Kier molecular flexibility index (Phi) is 4.37. The normalized spacial score (nSPS) is 12.1. The molecule has 0 bridgehead atoms. The number of ether oxygens (including phenoxy) is 1. The molecular weight excluding hydrogens is 374 g/mol. The van der Waals surface area contributed by atoms with E-state index in [1.807, 2.05) is 66.7 Å². The van der Waals surface area contributed by atoms with Gasteiger partial charge in [0.1, 0.15) is 11.5 Å². The molecular formula is C26H17NO3. The van der Waals surface area contributed by atoms with Gasteiger partial charge >= 0.3 is 0 Å². The van der Waals surface area contributed by atoms with Crippen molar-refractivity contribution in [3.05, 3.63) is 119 Å². The lowest BCUT2D eigenvalue weighted by Crippen LogP contribution is -2.22. The zero-order valence-corrected chi connectivity index (χ0v) is 16.0. The van der Waals surface area contributed by atoms with Crippen LogP contribution in [0.1, 0.15) is 31.8 Å². The molecule has 4 nitrogen and oxygen atoms in total. The predicted octanol–water partition coefficient (Wildman–Crippen LogP) is 6.00. The average molecular weight is 391 g/mol. The summed E-state index contributed by atoms with van der Waals surface area (Å²) in [5.41, 5.74) is 2.84. The van der Waals surface area contributed by atoms with Gasteiger partial charge in [0, 0.05) is 16.8 Å². The van der Waals surface area contributed by atoms with Crippen LogP contribution in [0.25, 0.3) is 0 Å². The third-order valence-electron chi connectivity index (χ3n) is 5.06. The molecule has 144 valence electrons. The minimum Gasteiger partial charge on any atom is -0.457 e. The molecule has 4 aromatic carbocycles. The molecule has 0 aliphatic heterocycles. The molecule has 0 saturated heterocycles. The number of fused-ring (bicyclic) bond motifs is 2. The van der Waals surface area contributed by atoms with Gasteiger partial charge in [-0.1, -0.05) is 60.7 Å². The molecule has 0 saturated carbocycles. The number of para-hydroxylation sites is 2. The molecule has 1 aliphatic rings. The number of benzene rings is 4. The van der Waals surface area contributed by atoms with E-state index >= 15 is 0 Å². The second-order valence-corrected chi connectivity index (χ2v) is 6.97. The molecule has 0 atom stereocenters. The highest BCUT2D eigenvalue weighted by atomic mass is 16.5. The van der Waals surface area contributed by atoms with Crippen molar-refractivity contribution in [1.82, 2.24) is 0 Å². The fourth-order valence-corrected chi connectivity index (χ4v) is 3.69. The number of anilines is 2. The van der Waals surface area contributed by atoms with E-state index in [1.54, 1.807) is 30.3 Å². The highest BCUT2D eigenvalue weighted by Gasteiger charge is 2.34. The summed E-state index contributed by atoms with van der Waals surface area (Å²) in [5.74, 6) is 0.560. The number of ketones is 2. The van der Waals surface area contributed by atoms with Crippen LogP contribution in [0.2, 0.25) is 0 Å². The molecule has 4 heteroatoms. The smallest absolute Gasteiger partial charge is 0.200 e. The van der Waals surface area contributed by atoms with Crippen LogP contribution in [0.4, 0.5) is 11.4 Å². The van der Waals surface area contributed by atoms with Gasteiger partial charge in [0.2, 0.25) is 0 Å². The van der Waals surface area contributed by atoms with Crippen molar-refractivity contribution in [3.8, 4) is 11.5 Å². The van der Waals surface area contributed by atoms with E-state index in [-0.39, 0.29) is 11.6 Å². The summed E-state index contributed by atoms with van der Waals surface area (Å²) in [6, 6.07) is 29.2. The summed E-state index contributed by atoms with van der Waals surface area (Å²) in [4.78, 5) is 26.8. The van der Waals surface area contributed by atoms with E-state index in [0.717, 1.165) is 5.69 Å². The monoisotopic (exact) mass is 391 g/mol. The molecule has 30 heavy (non-hydrogen) atoms. The highest BCUT2D eigenvalue weighted by Crippen LogP contribution is 2.38. The Balaban J connectivity index is 1.62. The molecule has 5 rings (SSSR count). The Bertz CT molecular complexity index is 1170. The maximum Gasteiger partial charge on any atom is 0.200 e. The lowest BCUT2D eigenvalue weighted by molar-refractivity contribution is 0.0977. The average Bonchev–Trinajstić information content (AvgIpc) is 2.79. The van der Waals surface area contributed by atoms with Crippen molar-refractivity contribution in [2.24, 2.45) is 0 Å². The van der Waals surface area contributed by atoms with Gasteiger partial charge in [0.05, 0.1) is 16.8 Å². The van der Waals surface area contributed by atoms with E-state index in [2.05, 4.69) is 5.32 Å². The summed E-state index contributed by atoms with van der Waals surface area (Å²) in [6.45, 7) is 0. The van der Waals surface area contributed by atoms with Crippen molar-refractivity contribution in [2.45, 2.75) is 0 Å². The third-order valence-corrected chi connectivity index (χ3v) is 5.06. The van der Waals surface area contributed by atoms with Crippen LogP contribution in [0, 0.1) is 0 Å². The lowest BCUT2D eigenvalue weighted by Gasteiger charge is -2.22. The van der Waals surface area contributed by atoms with Crippen molar-refractivity contribution < 1.29 is 14.3 Å². The molecule has 0 heterocycles. The van der Waals surface area contributed by atoms with Crippen LogP contribution in [0.15, 0.2) is 97.1 Å². The number of carbonyl (C=O) groups is 2. The Morgan fingerprint density at radius 2 is 1.20 bits per heavy atom. The molecule has 0 unspecified atom stereocenters. The molecule has 1 aliphatic carbocycles. The van der Waals surface area contributed by atoms with Gasteiger partial charge in [-0.2, -0.15) is 0 Å². The van der Waals surface area contributed by atoms with Crippen LogP contribution in [0.5, 0.6) is 11.5 Å². The van der Waals surface area contributed by atoms with Crippen LogP contribution < -0.4 is 10.1 Å². The molecule has 0 radical (unpaired) electrons. The second kappa shape index (κ2) is 7.33. The Hall–Kier alpha value is -4.18. The minimum atomic E-state index is -0.231. The van der Waals surface area contributed by atoms with Gasteiger partial charge in [0.15, 0.2) is 11.6 Å². The molecule has 0 amide bonds. The van der Waals surface area contributed by atoms with Gasteiger partial charge in [-0.25, -0.2) is 0 Å². The van der Waals surface area contributed by atoms with Crippen LogP contribution in [-0.2, 0) is 0 Å². The van der Waals surface area contributed by atoms with Gasteiger partial charge in [0.25, 0.3) is 0 Å². The lowest BCUT2D eigenvalue weighted by atomic mass is 9.82. The fraction of sp³-hybridized carbons (Fsp3) is 0. The summed E-state index contributed by atoms with van der Waals surface area (Å²) < 4.78 is 5.98. The van der Waals surface area contributed by atoms with E-state index in [4.69, 9.17) is 4.74 Å². The van der Waals surface area contributed by atoms with Crippen molar-refractivity contribution >= 4 is 22.9 Å². The van der Waals surface area contributed by atoms with E-state index < -0.39 is 0 Å². The Morgan fingerprint density at radius 1 is 0.567 bits per heavy atom. The fourth-order valence-electron chi connectivity index (χ4n) is 3.69. The standard InChI is InChI=1S/C26H17NO3/c28-25-19-13-7-15-21(27-17-9-3-1-4-10-17)23(19)26(29)24-20(25)14-8-16-22(24)30-18-11-5-2-6-12-18/h1-16,27H. The summed E-state index contributed by atoms with van der Waals surface area (Å²) >= 11 is 0. The Morgan fingerprint density at radius 3 is 1.93 bits per heavy atom. The molecule has 0 aromatic heterocycles. The summed E-state index contributed by atoms with van der Waals surface area (Å²) in [6.07, 6.45) is 0. The van der Waals surface area contributed by atoms with Gasteiger partial charge < -0.3 is 10.1 Å². The first-order chi connectivity index (χ1) is 14.7. The number of carbonyl (C=O) groups excluding carboxylic acids is 2. The van der Waals surface area contributed by atoms with E-state index in [0.29, 0.717) is 39.4 Å². The van der Waals surface area contributed by atoms with E-state index in [1.165, 1.54) is 0 Å². The van der Waals surface area contributed by atoms with Crippen molar-refractivity contribution in [2.75, 3.05) is 5.32 Å². The van der Waals surface area contributed by atoms with Gasteiger partial charge in [-0.3, -0.25) is 9.59 Å². The van der Waals surface area contributed by atoms with Crippen LogP contribution >= 0.6 is 0 Å². The van der Waals surface area contributed by atoms with Crippen LogP contribution in [-0.4, -0.2) is 11.6 Å². The topological polar surface area (TPSA) is 55.4 Å². The molecule has 0 fully saturated rings. The number of nitrogens with one attached hydrogen (secondary N) is 1. The van der Waals surface area contributed by atoms with E-state index in [9.17, 15) is 9.59 Å². The zero-order valence-electron chi connectivity index (χ0n) is 16.0. The molecule has 1 N–H and O–H groups in total. The second-order valence-electron chi connectivity index (χ2n) is 6.97. The first kappa shape index (κ1) is 17.9. The number of hydrogen-bond acceptors (Lipinski definition) is 4. The van der Waals surface area contributed by atoms with Gasteiger partial charge in [-0.15, -0.1) is 0 Å². The van der Waals surface area contributed by atoms with Gasteiger partial charge in [-0.05, 0) is 36.4 Å². The maximum absolute atomic E-state index is 13.6. The first-order valence-electron chi connectivity index (χ1n) is 9.63. The Labute approximate surface area is 173 Å². The highest BCUT2D eigenvalue weighted by molar-refractivity contribution is 6.31. The quantitative estimate of drug-likeness (QED) is 0.408. The number of rotatable bonds is 4. The largest absolute Gasteiger partial charge is 0.457 e. The molecule has 4 aromatic rings. The minimum absolute atomic E-state index is 0.185. The summed E-state index contributed by atoms with van der Waals surface area (Å²) in [7, 11) is 0. The van der Waals surface area contributed by atoms with Crippen molar-refractivity contribution in [1.29, 1.82) is 0 Å². The zero-order chi connectivity index (χ0) is 20.5. The summed E-state index contributed by atoms with van der Waals surface area (Å²) in [5, 5.41) is 3.27.